The van der Waals surface area contributed by atoms with Crippen molar-refractivity contribution in [1.82, 2.24) is 0 Å². The van der Waals surface area contributed by atoms with E-state index in [2.05, 4.69) is 0 Å². The van der Waals surface area contributed by atoms with E-state index in [0.29, 0.717) is 6.07 Å². The summed E-state index contributed by atoms with van der Waals surface area (Å²) in [5, 5.41) is 17.5. The van der Waals surface area contributed by atoms with Gasteiger partial charge in [-0.2, -0.15) is 8.42 Å². The van der Waals surface area contributed by atoms with Crippen molar-refractivity contribution in [2.24, 2.45) is 0 Å². The lowest BCUT2D eigenvalue weighted by Crippen LogP contribution is -2.02. The number of nitrogens with two attached hydrogens (primary N) is 2. The molecule has 9 heteroatoms. The summed E-state index contributed by atoms with van der Waals surface area (Å²) in [6.45, 7) is 0. The highest BCUT2D eigenvalue weighted by atomic mass is 32.2. The van der Waals surface area contributed by atoms with Crippen LogP contribution in [0.2, 0.25) is 0 Å². The van der Waals surface area contributed by atoms with Crippen molar-refractivity contribution >= 4 is 27.5 Å². The number of carboxylic acids is 1. The highest BCUT2D eigenvalue weighted by molar-refractivity contribution is 7.85. The lowest BCUT2D eigenvalue weighted by Gasteiger charge is -2.01. The molecule has 0 aliphatic carbocycles. The SMILES string of the molecule is Nc1ccc(N)cc1.O=C(O)c1cc(S(=O)(=O)O)ccc1O. The van der Waals surface area contributed by atoms with Crippen LogP contribution in [0.3, 0.4) is 0 Å². The van der Waals surface area contributed by atoms with E-state index < -0.39 is 32.3 Å². The Balaban J connectivity index is 0.000000255. The van der Waals surface area contributed by atoms with Gasteiger partial charge in [0.1, 0.15) is 11.3 Å². The molecule has 22 heavy (non-hydrogen) atoms. The van der Waals surface area contributed by atoms with Crippen LogP contribution in [0.25, 0.3) is 0 Å². The summed E-state index contributed by atoms with van der Waals surface area (Å²) in [4.78, 5) is 9.89. The van der Waals surface area contributed by atoms with E-state index in [0.717, 1.165) is 23.5 Å². The van der Waals surface area contributed by atoms with Gasteiger partial charge in [0.15, 0.2) is 0 Å². The van der Waals surface area contributed by atoms with Crippen molar-refractivity contribution in [2.45, 2.75) is 4.90 Å². The van der Waals surface area contributed by atoms with E-state index in [1.54, 1.807) is 24.3 Å². The quantitative estimate of drug-likeness (QED) is 0.405. The van der Waals surface area contributed by atoms with Gasteiger partial charge in [-0.05, 0) is 42.5 Å². The fraction of sp³-hybridized carbons (Fsp3) is 0. The number of carboxylic acid groups (broad SMARTS) is 1. The van der Waals surface area contributed by atoms with Crippen LogP contribution in [-0.2, 0) is 10.1 Å². The van der Waals surface area contributed by atoms with E-state index in [9.17, 15) is 13.2 Å². The van der Waals surface area contributed by atoms with Crippen molar-refractivity contribution in [2.75, 3.05) is 11.5 Å². The molecule has 7 N–H and O–H groups in total. The number of aromatic hydroxyl groups is 1. The lowest BCUT2D eigenvalue weighted by molar-refractivity contribution is 0.0693. The Kier molecular flexibility index (Phi) is 5.33. The maximum Gasteiger partial charge on any atom is 0.339 e. The molecule has 0 aromatic heterocycles. The first-order valence-corrected chi connectivity index (χ1v) is 7.20. The Morgan fingerprint density at radius 2 is 1.41 bits per heavy atom. The summed E-state index contributed by atoms with van der Waals surface area (Å²) in [5.41, 5.74) is 11.7. The van der Waals surface area contributed by atoms with Crippen LogP contribution in [0.4, 0.5) is 11.4 Å². The fourth-order valence-corrected chi connectivity index (χ4v) is 1.85. The van der Waals surface area contributed by atoms with Crippen LogP contribution < -0.4 is 11.5 Å². The lowest BCUT2D eigenvalue weighted by atomic mass is 10.2. The zero-order valence-electron chi connectivity index (χ0n) is 11.2. The van der Waals surface area contributed by atoms with Gasteiger partial charge >= 0.3 is 5.97 Å². The van der Waals surface area contributed by atoms with Crippen LogP contribution in [0, 0.1) is 0 Å². The monoisotopic (exact) mass is 326 g/mol. The second-order valence-electron chi connectivity index (χ2n) is 4.13. The molecule has 2 aromatic carbocycles. The van der Waals surface area contributed by atoms with Crippen LogP contribution in [0.5, 0.6) is 5.75 Å². The molecule has 8 nitrogen and oxygen atoms in total. The average molecular weight is 326 g/mol. The minimum Gasteiger partial charge on any atom is -0.507 e. The number of hydrogen-bond acceptors (Lipinski definition) is 6. The number of phenols is 1. The molecule has 0 saturated heterocycles. The highest BCUT2D eigenvalue weighted by Gasteiger charge is 2.16. The van der Waals surface area contributed by atoms with E-state index in [4.69, 9.17) is 26.2 Å². The van der Waals surface area contributed by atoms with Crippen LogP contribution in [-0.4, -0.2) is 29.2 Å². The van der Waals surface area contributed by atoms with E-state index in [1.807, 2.05) is 0 Å². The molecule has 0 fully saturated rings. The Morgan fingerprint density at radius 1 is 0.955 bits per heavy atom. The van der Waals surface area contributed by atoms with Crippen molar-refractivity contribution in [3.63, 3.8) is 0 Å². The summed E-state index contributed by atoms with van der Waals surface area (Å²) in [6.07, 6.45) is 0. The van der Waals surface area contributed by atoms with Gasteiger partial charge in [-0.1, -0.05) is 0 Å². The Labute approximate surface area is 126 Å². The maximum absolute atomic E-state index is 10.6. The van der Waals surface area contributed by atoms with Gasteiger partial charge in [0.2, 0.25) is 0 Å². The number of aromatic carboxylic acids is 1. The van der Waals surface area contributed by atoms with Gasteiger partial charge in [0.05, 0.1) is 4.90 Å². The molecule has 118 valence electrons. The number of hydrogen-bond donors (Lipinski definition) is 5. The summed E-state index contributed by atoms with van der Waals surface area (Å²) >= 11 is 0. The smallest absolute Gasteiger partial charge is 0.339 e. The molecule has 0 amide bonds. The second kappa shape index (κ2) is 6.78. The molecule has 0 heterocycles. The Bertz CT molecular complexity index is 751. The molecule has 0 spiro atoms. The standard InChI is InChI=1S/C7H6O6S.C6H8N2/c8-6-2-1-4(14(11,12)13)3-5(6)7(9)10;7-5-1-2-6(8)4-3-5/h1-3,8H,(H,9,10)(H,11,12,13);1-4H,7-8H2. The third-order valence-electron chi connectivity index (χ3n) is 2.43. The molecular weight excluding hydrogens is 312 g/mol. The molecule has 2 aromatic rings. The van der Waals surface area contributed by atoms with Gasteiger partial charge in [0, 0.05) is 11.4 Å². The van der Waals surface area contributed by atoms with Crippen LogP contribution in [0.15, 0.2) is 47.4 Å². The number of carbonyl (C=O) groups is 1. The highest BCUT2D eigenvalue weighted by Crippen LogP contribution is 2.20. The molecule has 0 atom stereocenters. The second-order valence-corrected chi connectivity index (χ2v) is 5.55. The predicted molar refractivity (Wildman–Crippen MR) is 80.1 cm³/mol. The largest absolute Gasteiger partial charge is 0.507 e. The number of anilines is 2. The van der Waals surface area contributed by atoms with Crippen molar-refractivity contribution in [3.8, 4) is 5.75 Å². The normalized spacial score (nSPS) is 10.4. The molecule has 2 rings (SSSR count). The Hall–Kier alpha value is -2.78. The van der Waals surface area contributed by atoms with Gasteiger partial charge in [-0.25, -0.2) is 4.79 Å². The predicted octanol–water partition coefficient (Wildman–Crippen LogP) is 1.19. The summed E-state index contributed by atoms with van der Waals surface area (Å²) < 4.78 is 29.8. The first kappa shape index (κ1) is 17.3. The third-order valence-corrected chi connectivity index (χ3v) is 3.28. The van der Waals surface area contributed by atoms with Crippen LogP contribution in [0.1, 0.15) is 10.4 Å². The molecule has 0 bridgehead atoms. The summed E-state index contributed by atoms with van der Waals surface area (Å²) in [5.74, 6) is -2.04. The maximum atomic E-state index is 10.6. The first-order chi connectivity index (χ1) is 10.1. The van der Waals surface area contributed by atoms with Crippen molar-refractivity contribution < 1.29 is 28.0 Å². The molecule has 0 saturated carbocycles. The number of benzene rings is 2. The first-order valence-electron chi connectivity index (χ1n) is 5.76. The van der Waals surface area contributed by atoms with Gasteiger partial charge in [-0.15, -0.1) is 0 Å². The zero-order valence-corrected chi connectivity index (χ0v) is 12.0. The zero-order chi connectivity index (χ0) is 16.9. The summed E-state index contributed by atoms with van der Waals surface area (Å²) in [7, 11) is -4.45. The van der Waals surface area contributed by atoms with Crippen molar-refractivity contribution in [3.05, 3.63) is 48.0 Å². The number of rotatable bonds is 2. The minimum atomic E-state index is -4.45. The van der Waals surface area contributed by atoms with Crippen molar-refractivity contribution in [1.29, 1.82) is 0 Å². The Morgan fingerprint density at radius 3 is 1.77 bits per heavy atom. The number of nitrogen functional groups attached to an aromatic ring is 2. The molecule has 0 aliphatic rings. The minimum absolute atomic E-state index is 0.565. The summed E-state index contributed by atoms with van der Waals surface area (Å²) in [6, 6.07) is 9.55. The topological polar surface area (TPSA) is 164 Å². The third kappa shape index (κ3) is 4.96. The molecule has 0 unspecified atom stereocenters. The molecule has 0 aliphatic heterocycles. The van der Waals surface area contributed by atoms with E-state index in [-0.39, 0.29) is 0 Å². The van der Waals surface area contributed by atoms with Gasteiger partial charge in [0.25, 0.3) is 10.1 Å². The van der Waals surface area contributed by atoms with Gasteiger partial charge < -0.3 is 21.7 Å². The van der Waals surface area contributed by atoms with E-state index in [1.165, 1.54) is 0 Å². The molecular formula is C13H14N2O6S. The van der Waals surface area contributed by atoms with Gasteiger partial charge in [-0.3, -0.25) is 4.55 Å². The molecule has 0 radical (unpaired) electrons. The average Bonchev–Trinajstić information content (AvgIpc) is 2.41. The fourth-order valence-electron chi connectivity index (χ4n) is 1.34. The van der Waals surface area contributed by atoms with Crippen LogP contribution >= 0.6 is 0 Å². The van der Waals surface area contributed by atoms with E-state index >= 15 is 0 Å².